The molecule has 0 saturated carbocycles. The van der Waals surface area contributed by atoms with Gasteiger partial charge in [-0.2, -0.15) is 0 Å². The number of hydrogen-bond acceptors (Lipinski definition) is 10. The molecule has 11 nitrogen and oxygen atoms in total. The third-order valence-electron chi connectivity index (χ3n) is 4.38. The number of anilines is 1. The van der Waals surface area contributed by atoms with Gasteiger partial charge in [-0.05, 0) is 37.3 Å². The number of nitrogen functional groups attached to an aromatic ring is 1. The van der Waals surface area contributed by atoms with Crippen molar-refractivity contribution in [3.8, 4) is 5.75 Å². The summed E-state index contributed by atoms with van der Waals surface area (Å²) in [5.41, 5.74) is 5.01. The van der Waals surface area contributed by atoms with E-state index < -0.39 is 125 Å². The highest BCUT2D eigenvalue weighted by molar-refractivity contribution is 5.92. The maximum absolute atomic E-state index is 13.0. The van der Waals surface area contributed by atoms with Crippen molar-refractivity contribution < 1.29 is 68.5 Å². The third kappa shape index (κ3) is 8.13. The van der Waals surface area contributed by atoms with Crippen molar-refractivity contribution in [1.29, 1.82) is 0 Å². The van der Waals surface area contributed by atoms with Gasteiger partial charge in [-0.1, -0.05) is 20.6 Å². The lowest BCUT2D eigenvalue weighted by atomic mass is 10.0. The predicted octanol–water partition coefficient (Wildman–Crippen LogP) is 2.84. The van der Waals surface area contributed by atoms with Gasteiger partial charge in [0.2, 0.25) is 12.4 Å². The van der Waals surface area contributed by atoms with Crippen molar-refractivity contribution in [1.82, 2.24) is 0 Å². The number of esters is 3. The minimum absolute atomic E-state index is 0.0478. The molecule has 1 saturated heterocycles. The van der Waals surface area contributed by atoms with Gasteiger partial charge in [-0.3, -0.25) is 14.4 Å². The van der Waals surface area contributed by atoms with Crippen molar-refractivity contribution >= 4 is 29.6 Å². The summed E-state index contributed by atoms with van der Waals surface area (Å²) in [5, 5.41) is 9.64. The number of hydrogen-bond donors (Lipinski definition) is 2. The first kappa shape index (κ1) is 13.1. The minimum Gasteiger partial charge on any atom is -0.478 e. The number of carboxylic acids is 1. The molecular formula is C24H33NO10. The Labute approximate surface area is 224 Å². The molecule has 1 heterocycles. The highest BCUT2D eigenvalue weighted by Crippen LogP contribution is 2.30. The molecule has 0 bridgehead atoms. The molecular weight excluding hydrogens is 462 g/mol. The van der Waals surface area contributed by atoms with Crippen LogP contribution in [0.4, 0.5) is 5.69 Å². The van der Waals surface area contributed by atoms with Crippen LogP contribution in [0.5, 0.6) is 5.75 Å². The van der Waals surface area contributed by atoms with Crippen LogP contribution in [0.2, 0.25) is 0 Å². The van der Waals surface area contributed by atoms with Crippen LogP contribution in [-0.2, 0) is 33.3 Å². The Hall–Kier alpha value is -3.34. The fourth-order valence-electron chi connectivity index (χ4n) is 2.97. The Kier molecular flexibility index (Phi) is 5.06. The Morgan fingerprint density at radius 3 is 2.14 bits per heavy atom. The second-order valence-electron chi connectivity index (χ2n) is 6.88. The van der Waals surface area contributed by atoms with Crippen molar-refractivity contribution in [2.45, 2.75) is 83.5 Å². The maximum atomic E-state index is 13.0. The smallest absolute Gasteiger partial charge is 0.339 e. The summed E-state index contributed by atoms with van der Waals surface area (Å²) < 4.78 is 139. The molecule has 2 rings (SSSR count). The molecule has 1 aromatic rings. The Balaban J connectivity index is 2.64. The summed E-state index contributed by atoms with van der Waals surface area (Å²) in [7, 11) is 0. The average molecular weight is 511 g/mol. The van der Waals surface area contributed by atoms with Crippen molar-refractivity contribution in [2.75, 3.05) is 12.3 Å². The first-order valence-electron chi connectivity index (χ1n) is 17.4. The van der Waals surface area contributed by atoms with Gasteiger partial charge in [0.25, 0.3) is 0 Å². The van der Waals surface area contributed by atoms with E-state index in [4.69, 9.17) is 50.0 Å². The maximum Gasteiger partial charge on any atom is 0.339 e. The summed E-state index contributed by atoms with van der Waals surface area (Å²) in [4.78, 5) is 50.6. The van der Waals surface area contributed by atoms with E-state index in [9.17, 15) is 24.3 Å². The number of carbonyl (C=O) groups excluding carboxylic acids is 3. The lowest BCUT2D eigenvalue weighted by Crippen LogP contribution is -2.59. The van der Waals surface area contributed by atoms with E-state index in [1.807, 2.05) is 0 Å². The van der Waals surface area contributed by atoms with E-state index in [1.54, 1.807) is 0 Å². The average Bonchev–Trinajstić information content (AvgIpc) is 2.89. The Morgan fingerprint density at radius 1 is 1.00 bits per heavy atom. The molecule has 1 aliphatic rings. The minimum atomic E-state index is -3.38. The number of aromatic carboxylic acids is 1. The summed E-state index contributed by atoms with van der Waals surface area (Å²) in [5.74, 6) is -7.00. The second kappa shape index (κ2) is 13.5. The van der Waals surface area contributed by atoms with E-state index in [1.165, 1.54) is 6.07 Å². The molecule has 1 fully saturated rings. The van der Waals surface area contributed by atoms with Crippen LogP contribution in [0.3, 0.4) is 0 Å². The zero-order valence-corrected chi connectivity index (χ0v) is 18.1. The number of nitrogens with two attached hydrogens (primary N) is 1. The summed E-state index contributed by atoms with van der Waals surface area (Å²) >= 11 is 0. The van der Waals surface area contributed by atoms with Crippen molar-refractivity contribution in [2.24, 2.45) is 0 Å². The van der Waals surface area contributed by atoms with Crippen molar-refractivity contribution in [3.05, 3.63) is 23.8 Å². The third-order valence-corrected chi connectivity index (χ3v) is 4.38. The van der Waals surface area contributed by atoms with Gasteiger partial charge in [-0.25, -0.2) is 4.79 Å². The van der Waals surface area contributed by atoms with Gasteiger partial charge in [-0.15, -0.1) is 0 Å². The molecule has 194 valence electrons. The van der Waals surface area contributed by atoms with E-state index in [2.05, 4.69) is 0 Å². The molecule has 0 radical (unpaired) electrons. The number of ether oxygens (including phenoxy) is 5. The molecule has 0 amide bonds. The van der Waals surface area contributed by atoms with E-state index in [0.717, 1.165) is 12.1 Å². The molecule has 0 spiro atoms. The Bertz CT molecular complexity index is 1430. The predicted molar refractivity (Wildman–Crippen MR) is 123 cm³/mol. The molecule has 4 atom stereocenters. The van der Waals surface area contributed by atoms with E-state index >= 15 is 0 Å². The van der Waals surface area contributed by atoms with Crippen LogP contribution in [0.25, 0.3) is 0 Å². The van der Waals surface area contributed by atoms with Gasteiger partial charge < -0.3 is 34.5 Å². The highest BCUT2D eigenvalue weighted by atomic mass is 16.7. The molecule has 1 aromatic carbocycles. The molecule has 0 aliphatic carbocycles. The summed E-state index contributed by atoms with van der Waals surface area (Å²) in [6.07, 6.45) is -22.5. The standard InChI is InChI=1S/C24H33NO10/c1-4-7-18(26)32-17-13-31-24(33-16-11-10-14(25)12-15(16)23(29)30)22(35-20(28)9-6-3)21(17)34-19(27)8-5-2/h10-12,17,21-22,24H,4-9,13,25H2,1-3H3,(H,29,30)/t17-,21-,22-,24-/m1/s1/i1D3,2D3,3D3,4D2,5D2,6D2. The van der Waals surface area contributed by atoms with Crippen LogP contribution in [0.1, 0.15) is 89.9 Å². The first-order valence-corrected chi connectivity index (χ1v) is 9.88. The number of benzene rings is 1. The number of rotatable bonds is 12. The molecule has 0 aromatic heterocycles. The van der Waals surface area contributed by atoms with E-state index in [-0.39, 0.29) is 5.69 Å². The highest BCUT2D eigenvalue weighted by Gasteiger charge is 2.49. The molecule has 1 aliphatic heterocycles. The summed E-state index contributed by atoms with van der Waals surface area (Å²) in [6.45, 7) is -11.0. The zero-order chi connectivity index (χ0) is 38.8. The van der Waals surface area contributed by atoms with Gasteiger partial charge >= 0.3 is 23.9 Å². The van der Waals surface area contributed by atoms with Gasteiger partial charge in [0, 0.05) is 45.5 Å². The number of carboxylic acid groups (broad SMARTS) is 1. The summed E-state index contributed by atoms with van der Waals surface area (Å²) in [6, 6.07) is 3.15. The lowest BCUT2D eigenvalue weighted by molar-refractivity contribution is -0.261. The number of carbonyl (C=O) groups is 4. The van der Waals surface area contributed by atoms with Crippen LogP contribution in [-0.4, -0.2) is 60.2 Å². The fraction of sp³-hybridized carbons (Fsp3) is 0.583. The SMILES string of the molecule is [2H]C([2H])([2H])C([2H])([2H])CC(=O)O[C@H]1[C@@H](Oc2ccc(N)cc2C(=O)O)OC[C@@H](OC(=O)CC([2H])([2H])C([2H])([2H])[2H])[C@H]1OC(=O)CC([2H])([2H])C([2H])([2H])[2H]. The van der Waals surface area contributed by atoms with Gasteiger partial charge in [0.15, 0.2) is 12.2 Å². The van der Waals surface area contributed by atoms with Crippen LogP contribution >= 0.6 is 0 Å². The van der Waals surface area contributed by atoms with Crippen LogP contribution in [0, 0.1) is 0 Å². The topological polar surface area (TPSA) is 161 Å². The monoisotopic (exact) mass is 510 g/mol. The van der Waals surface area contributed by atoms with Gasteiger partial charge in [0.1, 0.15) is 11.3 Å². The normalized spacial score (nSPS) is 30.2. The molecule has 3 N–H and O–H groups in total. The van der Waals surface area contributed by atoms with Crippen molar-refractivity contribution in [3.63, 3.8) is 0 Å². The van der Waals surface area contributed by atoms with Crippen LogP contribution in [0.15, 0.2) is 18.2 Å². The molecule has 11 heteroatoms. The molecule has 0 unspecified atom stereocenters. The van der Waals surface area contributed by atoms with E-state index in [0.29, 0.717) is 0 Å². The lowest BCUT2D eigenvalue weighted by Gasteiger charge is -2.40. The largest absolute Gasteiger partial charge is 0.478 e. The first-order chi connectivity index (χ1) is 22.4. The molecule has 35 heavy (non-hydrogen) atoms. The Morgan fingerprint density at radius 2 is 1.57 bits per heavy atom. The quantitative estimate of drug-likeness (QED) is 0.242. The second-order valence-corrected chi connectivity index (χ2v) is 6.88. The fourth-order valence-corrected chi connectivity index (χ4v) is 2.97. The zero-order valence-electron chi connectivity index (χ0n) is 33.1. The van der Waals surface area contributed by atoms with Gasteiger partial charge in [0.05, 0.1) is 6.61 Å². The van der Waals surface area contributed by atoms with Crippen LogP contribution < -0.4 is 10.5 Å².